The largest absolute Gasteiger partial charge is 0.332 e. The Hall–Kier alpha value is -2.79. The molecule has 1 fully saturated rings. The van der Waals surface area contributed by atoms with Crippen LogP contribution in [-0.2, 0) is 11.2 Å². The van der Waals surface area contributed by atoms with E-state index in [9.17, 15) is 4.79 Å². The van der Waals surface area contributed by atoms with Crippen molar-refractivity contribution in [1.29, 1.82) is 0 Å². The van der Waals surface area contributed by atoms with E-state index in [4.69, 9.17) is 16.6 Å². The molecule has 5 nitrogen and oxygen atoms in total. The van der Waals surface area contributed by atoms with Gasteiger partial charge in [0.2, 0.25) is 5.95 Å². The molecule has 4 rings (SSSR count). The van der Waals surface area contributed by atoms with E-state index in [1.165, 1.54) is 5.56 Å². The highest BCUT2D eigenvalue weighted by Crippen LogP contribution is 2.33. The van der Waals surface area contributed by atoms with Crippen LogP contribution in [0.3, 0.4) is 0 Å². The highest BCUT2D eigenvalue weighted by molar-refractivity contribution is 6.30. The van der Waals surface area contributed by atoms with E-state index in [0.717, 1.165) is 35.4 Å². The van der Waals surface area contributed by atoms with Crippen LogP contribution in [0.15, 0.2) is 48.5 Å². The van der Waals surface area contributed by atoms with Gasteiger partial charge >= 0.3 is 0 Å². The Labute approximate surface area is 169 Å². The highest BCUT2D eigenvalue weighted by Gasteiger charge is 2.24. The van der Waals surface area contributed by atoms with Gasteiger partial charge in [0.05, 0.1) is 6.54 Å². The van der Waals surface area contributed by atoms with Crippen LogP contribution in [-0.4, -0.2) is 34.1 Å². The number of aromatic nitrogens is 3. The van der Waals surface area contributed by atoms with Gasteiger partial charge in [-0.2, -0.15) is 0 Å². The molecule has 0 unspecified atom stereocenters. The lowest BCUT2D eigenvalue weighted by molar-refractivity contribution is -0.116. The molecule has 1 aliphatic rings. The number of nitrogens with zero attached hydrogens (tertiary/aromatic N) is 4. The number of Topliss-reactive ketones (excluding diaryl/α,β-unsaturated/α-hetero) is 1. The summed E-state index contributed by atoms with van der Waals surface area (Å²) < 4.78 is 0. The van der Waals surface area contributed by atoms with Gasteiger partial charge in [-0.05, 0) is 24.1 Å². The van der Waals surface area contributed by atoms with E-state index >= 15 is 0 Å². The molecule has 2 aromatic carbocycles. The first kappa shape index (κ1) is 18.6. The maximum atomic E-state index is 11.7. The minimum absolute atomic E-state index is 0.199. The standard InChI is InChI=1S/C22H21ClN4O/c1-2-6-15-7-3-4-10-19(15)21-20(16-8-5-9-17(23)13-16)24-22(26-25-21)27-12-11-18(28)14-27/h3-5,7-10,13H,2,6,11-12,14H2,1H3. The summed E-state index contributed by atoms with van der Waals surface area (Å²) in [7, 11) is 0. The average Bonchev–Trinajstić information content (AvgIpc) is 3.15. The van der Waals surface area contributed by atoms with Crippen molar-refractivity contribution in [2.24, 2.45) is 0 Å². The number of benzene rings is 2. The number of halogens is 1. The fourth-order valence-electron chi connectivity index (χ4n) is 3.51. The second-order valence-corrected chi connectivity index (χ2v) is 7.37. The smallest absolute Gasteiger partial charge is 0.246 e. The van der Waals surface area contributed by atoms with Crippen molar-refractivity contribution in [3.05, 3.63) is 59.1 Å². The molecule has 1 aliphatic heterocycles. The van der Waals surface area contributed by atoms with Crippen LogP contribution < -0.4 is 4.90 Å². The van der Waals surface area contributed by atoms with Crippen LogP contribution in [0.1, 0.15) is 25.3 Å². The molecule has 6 heteroatoms. The Morgan fingerprint density at radius 1 is 1.07 bits per heavy atom. The summed E-state index contributed by atoms with van der Waals surface area (Å²) in [4.78, 5) is 18.4. The van der Waals surface area contributed by atoms with Gasteiger partial charge in [-0.1, -0.05) is 61.3 Å². The number of hydrogen-bond acceptors (Lipinski definition) is 5. The van der Waals surface area contributed by atoms with Gasteiger partial charge in [-0.3, -0.25) is 4.79 Å². The zero-order chi connectivity index (χ0) is 19.5. The lowest BCUT2D eigenvalue weighted by atomic mass is 9.97. The maximum Gasteiger partial charge on any atom is 0.246 e. The lowest BCUT2D eigenvalue weighted by Crippen LogP contribution is -2.23. The molecule has 0 N–H and O–H groups in total. The molecule has 0 aliphatic carbocycles. The fraction of sp³-hybridized carbons (Fsp3) is 0.273. The van der Waals surface area contributed by atoms with E-state index in [0.29, 0.717) is 30.5 Å². The van der Waals surface area contributed by atoms with Crippen molar-refractivity contribution in [3.8, 4) is 22.5 Å². The predicted molar refractivity (Wildman–Crippen MR) is 112 cm³/mol. The van der Waals surface area contributed by atoms with Gasteiger partial charge in [-0.25, -0.2) is 4.98 Å². The zero-order valence-corrected chi connectivity index (χ0v) is 16.5. The normalized spacial score (nSPS) is 13.9. The number of carbonyl (C=O) groups excluding carboxylic acids is 1. The van der Waals surface area contributed by atoms with Crippen molar-refractivity contribution >= 4 is 23.3 Å². The van der Waals surface area contributed by atoms with Gasteiger partial charge in [-0.15, -0.1) is 10.2 Å². The molecule has 0 radical (unpaired) electrons. The van der Waals surface area contributed by atoms with Crippen molar-refractivity contribution in [2.75, 3.05) is 18.0 Å². The molecular formula is C22H21ClN4O. The second-order valence-electron chi connectivity index (χ2n) is 6.94. The minimum Gasteiger partial charge on any atom is -0.332 e. The molecular weight excluding hydrogens is 372 g/mol. The minimum atomic E-state index is 0.199. The molecule has 0 amide bonds. The molecule has 28 heavy (non-hydrogen) atoms. The predicted octanol–water partition coefficient (Wildman–Crippen LogP) is 4.59. The SMILES string of the molecule is CCCc1ccccc1-c1nnc(N2CCC(=O)C2)nc1-c1cccc(Cl)c1. The Kier molecular flexibility index (Phi) is 5.35. The van der Waals surface area contributed by atoms with Crippen molar-refractivity contribution in [2.45, 2.75) is 26.2 Å². The van der Waals surface area contributed by atoms with Crippen LogP contribution >= 0.6 is 11.6 Å². The average molecular weight is 393 g/mol. The molecule has 2 heterocycles. The van der Waals surface area contributed by atoms with Gasteiger partial charge < -0.3 is 4.90 Å². The topological polar surface area (TPSA) is 59.0 Å². The summed E-state index contributed by atoms with van der Waals surface area (Å²) >= 11 is 6.24. The van der Waals surface area contributed by atoms with Crippen molar-refractivity contribution < 1.29 is 4.79 Å². The molecule has 3 aromatic rings. The first-order valence-corrected chi connectivity index (χ1v) is 9.89. The van der Waals surface area contributed by atoms with Gasteiger partial charge in [0.1, 0.15) is 11.4 Å². The van der Waals surface area contributed by atoms with E-state index in [2.05, 4.69) is 29.3 Å². The van der Waals surface area contributed by atoms with Crippen molar-refractivity contribution in [1.82, 2.24) is 15.2 Å². The summed E-state index contributed by atoms with van der Waals surface area (Å²) in [5.74, 6) is 0.683. The van der Waals surface area contributed by atoms with Crippen molar-refractivity contribution in [3.63, 3.8) is 0 Å². The lowest BCUT2D eigenvalue weighted by Gasteiger charge is -2.17. The molecule has 0 bridgehead atoms. The van der Waals surface area contributed by atoms with E-state index in [-0.39, 0.29) is 5.78 Å². The van der Waals surface area contributed by atoms with Gasteiger partial charge in [0, 0.05) is 29.1 Å². The maximum absolute atomic E-state index is 11.7. The van der Waals surface area contributed by atoms with E-state index in [1.807, 2.05) is 41.3 Å². The Bertz CT molecular complexity index is 1020. The monoisotopic (exact) mass is 392 g/mol. The molecule has 1 aromatic heterocycles. The second kappa shape index (κ2) is 8.07. The first-order chi connectivity index (χ1) is 13.7. The fourth-order valence-corrected chi connectivity index (χ4v) is 3.70. The van der Waals surface area contributed by atoms with Crippen LogP contribution in [0, 0.1) is 0 Å². The Morgan fingerprint density at radius 2 is 1.93 bits per heavy atom. The third-order valence-corrected chi connectivity index (χ3v) is 5.11. The summed E-state index contributed by atoms with van der Waals surface area (Å²) in [5.41, 5.74) is 4.60. The van der Waals surface area contributed by atoms with Crippen LogP contribution in [0.5, 0.6) is 0 Å². The number of ketones is 1. The third-order valence-electron chi connectivity index (χ3n) is 4.88. The summed E-state index contributed by atoms with van der Waals surface area (Å²) in [6, 6.07) is 15.8. The zero-order valence-electron chi connectivity index (χ0n) is 15.7. The number of rotatable bonds is 5. The Balaban J connectivity index is 1.87. The molecule has 0 atom stereocenters. The number of carbonyl (C=O) groups is 1. The first-order valence-electron chi connectivity index (χ1n) is 9.51. The summed E-state index contributed by atoms with van der Waals surface area (Å²) in [5, 5.41) is 9.56. The number of anilines is 1. The van der Waals surface area contributed by atoms with Crippen LogP contribution in [0.2, 0.25) is 5.02 Å². The quantitative estimate of drug-likeness (QED) is 0.635. The van der Waals surface area contributed by atoms with Gasteiger partial charge in [0.25, 0.3) is 0 Å². The van der Waals surface area contributed by atoms with Crippen LogP contribution in [0.4, 0.5) is 5.95 Å². The highest BCUT2D eigenvalue weighted by atomic mass is 35.5. The summed E-state index contributed by atoms with van der Waals surface area (Å²) in [6.07, 6.45) is 2.52. The van der Waals surface area contributed by atoms with Crippen LogP contribution in [0.25, 0.3) is 22.5 Å². The van der Waals surface area contributed by atoms with E-state index < -0.39 is 0 Å². The number of aryl methyl sites for hydroxylation is 1. The van der Waals surface area contributed by atoms with E-state index in [1.54, 1.807) is 0 Å². The molecule has 0 spiro atoms. The van der Waals surface area contributed by atoms with Gasteiger partial charge in [0.15, 0.2) is 5.78 Å². The third kappa shape index (κ3) is 3.76. The Morgan fingerprint density at radius 3 is 2.68 bits per heavy atom. The summed E-state index contributed by atoms with van der Waals surface area (Å²) in [6.45, 7) is 3.12. The molecule has 142 valence electrons. The molecule has 1 saturated heterocycles. The number of hydrogen-bond donors (Lipinski definition) is 0. The molecule has 0 saturated carbocycles.